The van der Waals surface area contributed by atoms with Crippen LogP contribution in [0.1, 0.15) is 36.8 Å². The molecule has 1 N–H and O–H groups in total. The third kappa shape index (κ3) is 3.48. The highest BCUT2D eigenvalue weighted by atomic mass is 32.1. The summed E-state index contributed by atoms with van der Waals surface area (Å²) in [6.07, 6.45) is 4.72. The summed E-state index contributed by atoms with van der Waals surface area (Å²) >= 11 is 1.47. The van der Waals surface area contributed by atoms with Crippen molar-refractivity contribution in [1.29, 1.82) is 0 Å². The highest BCUT2D eigenvalue weighted by molar-refractivity contribution is 7.13. The van der Waals surface area contributed by atoms with Crippen molar-refractivity contribution in [1.82, 2.24) is 20.1 Å². The van der Waals surface area contributed by atoms with Crippen LogP contribution in [0.5, 0.6) is 0 Å². The minimum absolute atomic E-state index is 0.107. The Kier molecular flexibility index (Phi) is 4.04. The maximum absolute atomic E-state index is 12.0. The number of anilines is 1. The summed E-state index contributed by atoms with van der Waals surface area (Å²) in [6, 6.07) is 5.49. The molecule has 1 saturated carbocycles. The van der Waals surface area contributed by atoms with Crippen LogP contribution in [0.15, 0.2) is 34.3 Å². The lowest BCUT2D eigenvalue weighted by Gasteiger charge is -1.99. The first-order chi connectivity index (χ1) is 11.8. The Bertz CT molecular complexity index is 841. The second-order valence-corrected chi connectivity index (χ2v) is 6.48. The number of thiazole rings is 1. The fourth-order valence-electron chi connectivity index (χ4n) is 2.27. The number of carbonyl (C=O) groups is 1. The smallest absolute Gasteiger partial charge is 0.227 e. The average molecular weight is 341 g/mol. The zero-order chi connectivity index (χ0) is 16.4. The summed E-state index contributed by atoms with van der Waals surface area (Å²) in [5, 5.41) is 9.38. The molecule has 122 valence electrons. The Morgan fingerprint density at radius 1 is 1.33 bits per heavy atom. The van der Waals surface area contributed by atoms with Crippen LogP contribution in [0.4, 0.5) is 5.13 Å². The molecule has 24 heavy (non-hydrogen) atoms. The SMILES string of the molecule is O=C(CCc1nc(-c2ccccn2)no1)Nc1nc(C2CC2)cs1. The Labute approximate surface area is 142 Å². The minimum Gasteiger partial charge on any atom is -0.339 e. The van der Waals surface area contributed by atoms with Crippen LogP contribution in [0.2, 0.25) is 0 Å². The number of aryl methyl sites for hydroxylation is 1. The number of rotatable bonds is 6. The zero-order valence-corrected chi connectivity index (χ0v) is 13.6. The number of hydrogen-bond donors (Lipinski definition) is 1. The first kappa shape index (κ1) is 14.9. The van der Waals surface area contributed by atoms with Crippen molar-refractivity contribution >= 4 is 22.4 Å². The molecular formula is C16H15N5O2S. The van der Waals surface area contributed by atoms with Gasteiger partial charge in [-0.15, -0.1) is 11.3 Å². The summed E-state index contributed by atoms with van der Waals surface area (Å²) in [5.41, 5.74) is 1.74. The van der Waals surface area contributed by atoms with Gasteiger partial charge in [0.1, 0.15) is 5.69 Å². The predicted molar refractivity (Wildman–Crippen MR) is 88.6 cm³/mol. The Morgan fingerprint density at radius 3 is 3.04 bits per heavy atom. The van der Waals surface area contributed by atoms with Crippen molar-refractivity contribution < 1.29 is 9.32 Å². The molecule has 1 fully saturated rings. The molecule has 0 spiro atoms. The Balaban J connectivity index is 1.31. The first-order valence-electron chi connectivity index (χ1n) is 7.77. The van der Waals surface area contributed by atoms with Crippen LogP contribution >= 0.6 is 11.3 Å². The molecule has 3 aromatic rings. The van der Waals surface area contributed by atoms with E-state index in [1.165, 1.54) is 24.2 Å². The van der Waals surface area contributed by atoms with Crippen LogP contribution < -0.4 is 5.32 Å². The quantitative estimate of drug-likeness (QED) is 0.740. The number of hydrogen-bond acceptors (Lipinski definition) is 7. The first-order valence-corrected chi connectivity index (χ1v) is 8.65. The second kappa shape index (κ2) is 6.48. The van der Waals surface area contributed by atoms with Gasteiger partial charge in [0.25, 0.3) is 0 Å². The van der Waals surface area contributed by atoms with E-state index < -0.39 is 0 Å². The van der Waals surface area contributed by atoms with Crippen molar-refractivity contribution in [3.05, 3.63) is 41.4 Å². The van der Waals surface area contributed by atoms with Gasteiger partial charge in [-0.1, -0.05) is 11.2 Å². The van der Waals surface area contributed by atoms with Crippen LogP contribution in [0.25, 0.3) is 11.5 Å². The molecule has 0 aliphatic heterocycles. The van der Waals surface area contributed by atoms with E-state index in [0.717, 1.165) is 5.69 Å². The number of amides is 1. The van der Waals surface area contributed by atoms with Crippen molar-refractivity contribution in [3.63, 3.8) is 0 Å². The number of nitrogens with zero attached hydrogens (tertiary/aromatic N) is 4. The monoisotopic (exact) mass is 341 g/mol. The highest BCUT2D eigenvalue weighted by Gasteiger charge is 2.26. The van der Waals surface area contributed by atoms with E-state index in [1.54, 1.807) is 12.3 Å². The van der Waals surface area contributed by atoms with Gasteiger partial charge >= 0.3 is 0 Å². The zero-order valence-electron chi connectivity index (χ0n) is 12.8. The topological polar surface area (TPSA) is 93.8 Å². The molecule has 0 radical (unpaired) electrons. The van der Waals surface area contributed by atoms with Gasteiger partial charge in [-0.25, -0.2) is 4.98 Å². The summed E-state index contributed by atoms with van der Waals surface area (Å²) in [6.45, 7) is 0. The van der Waals surface area contributed by atoms with E-state index >= 15 is 0 Å². The Morgan fingerprint density at radius 2 is 2.25 bits per heavy atom. The van der Waals surface area contributed by atoms with Crippen LogP contribution in [-0.4, -0.2) is 26.0 Å². The molecule has 3 heterocycles. The van der Waals surface area contributed by atoms with Crippen molar-refractivity contribution in [2.75, 3.05) is 5.32 Å². The van der Waals surface area contributed by atoms with Gasteiger partial charge in [0.05, 0.1) is 5.69 Å². The van der Waals surface area contributed by atoms with E-state index in [4.69, 9.17) is 4.52 Å². The highest BCUT2D eigenvalue weighted by Crippen LogP contribution is 2.40. The Hall–Kier alpha value is -2.61. The molecule has 0 bridgehead atoms. The lowest BCUT2D eigenvalue weighted by molar-refractivity contribution is -0.116. The van der Waals surface area contributed by atoms with Crippen molar-refractivity contribution in [3.8, 4) is 11.5 Å². The van der Waals surface area contributed by atoms with Crippen LogP contribution in [0.3, 0.4) is 0 Å². The molecular weight excluding hydrogens is 326 g/mol. The second-order valence-electron chi connectivity index (χ2n) is 5.63. The molecule has 1 amide bonds. The lowest BCUT2D eigenvalue weighted by atomic mass is 10.3. The standard InChI is InChI=1S/C16H15N5O2S/c22-13(19-16-18-12(9-24-16)10-4-5-10)6-7-14-20-15(21-23-14)11-3-1-2-8-17-11/h1-3,8-10H,4-7H2,(H,18,19,22). The minimum atomic E-state index is -0.107. The van der Waals surface area contributed by atoms with Gasteiger partial charge in [-0.05, 0) is 25.0 Å². The molecule has 0 unspecified atom stereocenters. The van der Waals surface area contributed by atoms with Crippen molar-refractivity contribution in [2.24, 2.45) is 0 Å². The summed E-state index contributed by atoms with van der Waals surface area (Å²) in [5.74, 6) is 1.34. The fraction of sp³-hybridized carbons (Fsp3) is 0.312. The number of aromatic nitrogens is 4. The third-order valence-corrected chi connectivity index (χ3v) is 4.47. The maximum atomic E-state index is 12.0. The maximum Gasteiger partial charge on any atom is 0.227 e. The van der Waals surface area contributed by atoms with Gasteiger partial charge < -0.3 is 9.84 Å². The molecule has 7 nitrogen and oxygen atoms in total. The fourth-order valence-corrected chi connectivity index (χ4v) is 3.08. The molecule has 0 saturated heterocycles. The van der Waals surface area contributed by atoms with Gasteiger partial charge in [0.2, 0.25) is 17.6 Å². The molecule has 0 atom stereocenters. The van der Waals surface area contributed by atoms with E-state index in [-0.39, 0.29) is 12.3 Å². The van der Waals surface area contributed by atoms with E-state index in [0.29, 0.717) is 34.9 Å². The predicted octanol–water partition coefficient (Wildman–Crippen LogP) is 3.04. The average Bonchev–Trinajstić information content (AvgIpc) is 3.17. The van der Waals surface area contributed by atoms with Crippen LogP contribution in [0, 0.1) is 0 Å². The van der Waals surface area contributed by atoms with E-state index in [2.05, 4.69) is 25.4 Å². The largest absolute Gasteiger partial charge is 0.339 e. The van der Waals surface area contributed by atoms with Gasteiger partial charge in [-0.2, -0.15) is 4.98 Å². The molecule has 1 aliphatic rings. The summed E-state index contributed by atoms with van der Waals surface area (Å²) in [4.78, 5) is 24.9. The van der Waals surface area contributed by atoms with Gasteiger partial charge in [0, 0.05) is 30.3 Å². The summed E-state index contributed by atoms with van der Waals surface area (Å²) < 4.78 is 5.17. The van der Waals surface area contributed by atoms with Gasteiger partial charge in [0.15, 0.2) is 5.13 Å². The molecule has 0 aromatic carbocycles. The summed E-state index contributed by atoms with van der Waals surface area (Å²) in [7, 11) is 0. The van der Waals surface area contributed by atoms with Crippen molar-refractivity contribution in [2.45, 2.75) is 31.6 Å². The van der Waals surface area contributed by atoms with Gasteiger partial charge in [-0.3, -0.25) is 9.78 Å². The lowest BCUT2D eigenvalue weighted by Crippen LogP contribution is -2.12. The number of pyridine rings is 1. The molecule has 1 aliphatic carbocycles. The molecule has 4 rings (SSSR count). The molecule has 3 aromatic heterocycles. The number of nitrogens with one attached hydrogen (secondary N) is 1. The normalized spacial score (nSPS) is 13.8. The number of carbonyl (C=O) groups excluding carboxylic acids is 1. The van der Waals surface area contributed by atoms with E-state index in [9.17, 15) is 4.79 Å². The van der Waals surface area contributed by atoms with Crippen LogP contribution in [-0.2, 0) is 11.2 Å². The van der Waals surface area contributed by atoms with E-state index in [1.807, 2.05) is 17.5 Å². The third-order valence-electron chi connectivity index (χ3n) is 3.69. The molecule has 8 heteroatoms.